The van der Waals surface area contributed by atoms with Gasteiger partial charge in [-0.15, -0.1) is 0 Å². The maximum atomic E-state index is 4.93. The van der Waals surface area contributed by atoms with Crippen LogP contribution in [0.1, 0.15) is 51.7 Å². The molecule has 0 amide bonds. The first kappa shape index (κ1) is 23.2. The normalized spacial score (nSPS) is 12.3. The van der Waals surface area contributed by atoms with Gasteiger partial charge in [-0.1, -0.05) is 52.4 Å². The minimum atomic E-state index is -0.826. The van der Waals surface area contributed by atoms with E-state index in [-0.39, 0.29) is 0 Å². The summed E-state index contributed by atoms with van der Waals surface area (Å²) in [5, 5.41) is 0. The van der Waals surface area contributed by atoms with Crippen LogP contribution in [0.4, 0.5) is 0 Å². The molecule has 2 unspecified atom stereocenters. The molecule has 0 saturated heterocycles. The Hall–Kier alpha value is 0.163. The van der Waals surface area contributed by atoms with Crippen LogP contribution in [0.5, 0.6) is 0 Å². The molecule has 2 aromatic rings. The van der Waals surface area contributed by atoms with Crippen LogP contribution in [0.2, 0.25) is 0 Å². The van der Waals surface area contributed by atoms with Crippen molar-refractivity contribution in [1.82, 2.24) is 0 Å². The summed E-state index contributed by atoms with van der Waals surface area (Å²) in [6, 6.07) is 22.9. The molecule has 0 aliphatic carbocycles. The number of halogens is 2. The van der Waals surface area contributed by atoms with Crippen molar-refractivity contribution < 1.29 is 20.8 Å². The molecule has 0 spiro atoms. The molecular weight excluding hydrogens is 402 g/mol. The van der Waals surface area contributed by atoms with Crippen LogP contribution in [0.3, 0.4) is 0 Å². The average Bonchev–Trinajstić information content (AvgIpc) is 3.22. The van der Waals surface area contributed by atoms with Gasteiger partial charge in [0.1, 0.15) is 0 Å². The molecule has 0 fully saturated rings. The van der Waals surface area contributed by atoms with Crippen molar-refractivity contribution in [2.75, 3.05) is 0 Å². The van der Waals surface area contributed by atoms with Gasteiger partial charge in [0.2, 0.25) is 0 Å². The molecule has 2 aromatic carbocycles. The number of hydrogen-bond donors (Lipinski definition) is 0. The Morgan fingerprint density at radius 3 is 1.22 bits per heavy atom. The van der Waals surface area contributed by atoms with Crippen molar-refractivity contribution in [2.45, 2.75) is 53.4 Å². The van der Waals surface area contributed by atoms with Crippen LogP contribution < -0.4 is 0 Å². The van der Waals surface area contributed by atoms with E-state index in [0.717, 1.165) is 35.8 Å². The Kier molecular flexibility index (Phi) is 15.8. The molecule has 2 rings (SSSR count). The van der Waals surface area contributed by atoms with Crippen LogP contribution in [0, 0.1) is 60.4 Å². The van der Waals surface area contributed by atoms with E-state index in [1.807, 2.05) is 0 Å². The fourth-order valence-electron chi connectivity index (χ4n) is 1.68. The second-order valence-electron chi connectivity index (χ2n) is 5.46. The summed E-state index contributed by atoms with van der Waals surface area (Å²) in [6.07, 6.45) is 4.56. The van der Waals surface area contributed by atoms with Gasteiger partial charge < -0.3 is 59.7 Å². The standard InChI is InChI=1S/2C10H11.2ClH.Zr/c2*1-3-9(2)8-10-6-4-5-7-10;;;/h2*9H,3,8H2,1-2H3;2*1H;/q2*-5;;;+2/p-2. The zero-order valence-corrected chi connectivity index (χ0v) is 18.2. The van der Waals surface area contributed by atoms with Crippen molar-refractivity contribution in [1.29, 1.82) is 0 Å². The molecule has 0 nitrogen and oxygen atoms in total. The van der Waals surface area contributed by atoms with E-state index >= 15 is 0 Å². The molecule has 0 bridgehead atoms. The molecule has 0 heterocycles. The maximum absolute atomic E-state index is 4.93. The Morgan fingerprint density at radius 1 is 0.739 bits per heavy atom. The summed E-state index contributed by atoms with van der Waals surface area (Å²) in [4.78, 5) is 0. The molecule has 130 valence electrons. The predicted octanol–water partition coefficient (Wildman–Crippen LogP) is 5.77. The summed E-state index contributed by atoms with van der Waals surface area (Å²) in [7, 11) is 9.87. The Labute approximate surface area is 162 Å². The molecule has 0 saturated carbocycles. The van der Waals surface area contributed by atoms with Crippen LogP contribution in [0.25, 0.3) is 0 Å². The predicted molar refractivity (Wildman–Crippen MR) is 92.8 cm³/mol. The molecule has 23 heavy (non-hydrogen) atoms. The second kappa shape index (κ2) is 15.7. The van der Waals surface area contributed by atoms with Crippen LogP contribution in [-0.2, 0) is 33.7 Å². The molecule has 0 radical (unpaired) electrons. The first-order valence-corrected chi connectivity index (χ1v) is 14.1. The topological polar surface area (TPSA) is 0 Å². The number of hydrogen-bond acceptors (Lipinski definition) is 0. The van der Waals surface area contributed by atoms with Crippen LogP contribution in [-0.4, -0.2) is 0 Å². The molecule has 0 aliphatic heterocycles. The van der Waals surface area contributed by atoms with E-state index < -0.39 is 20.8 Å². The third-order valence-electron chi connectivity index (χ3n) is 3.48. The molecule has 0 N–H and O–H groups in total. The van der Waals surface area contributed by atoms with Crippen molar-refractivity contribution in [2.24, 2.45) is 11.8 Å². The van der Waals surface area contributed by atoms with Crippen molar-refractivity contribution in [3.8, 4) is 0 Å². The molecule has 0 aromatic heterocycles. The Balaban J connectivity index is 0.000000360. The first-order valence-electron chi connectivity index (χ1n) is 7.79. The van der Waals surface area contributed by atoms with Gasteiger partial charge in [0.05, 0.1) is 0 Å². The van der Waals surface area contributed by atoms with E-state index in [9.17, 15) is 0 Å². The van der Waals surface area contributed by atoms with Gasteiger partial charge in [0.25, 0.3) is 0 Å². The van der Waals surface area contributed by atoms with E-state index in [1.165, 1.54) is 12.8 Å². The fraction of sp³-hybridized carbons (Fsp3) is 0.500. The monoisotopic (exact) mass is 422 g/mol. The first-order chi connectivity index (χ1) is 11.1. The van der Waals surface area contributed by atoms with Gasteiger partial charge in [-0.25, -0.2) is 12.8 Å². The molecule has 2 atom stereocenters. The van der Waals surface area contributed by atoms with Gasteiger partial charge in [0.15, 0.2) is 0 Å². The average molecular weight is 425 g/mol. The summed E-state index contributed by atoms with van der Waals surface area (Å²) >= 11 is -0.826. The Bertz CT molecular complexity index is 392. The molecule has 3 heteroatoms. The van der Waals surface area contributed by atoms with Crippen molar-refractivity contribution in [3.63, 3.8) is 0 Å². The van der Waals surface area contributed by atoms with Crippen LogP contribution in [0.15, 0.2) is 0 Å². The SMILES string of the molecule is CCC(C)C[c-]1[c-][c-][c-][c-]1.CCC(C)C[c-]1[c-][c-][c-][c-]1.[Cl][Zr][Cl]. The third-order valence-corrected chi connectivity index (χ3v) is 3.48. The second-order valence-corrected chi connectivity index (χ2v) is 9.20. The van der Waals surface area contributed by atoms with Crippen molar-refractivity contribution >= 4 is 17.0 Å². The third kappa shape index (κ3) is 13.2. The van der Waals surface area contributed by atoms with E-state index in [1.54, 1.807) is 0 Å². The zero-order chi connectivity index (χ0) is 17.5. The van der Waals surface area contributed by atoms with E-state index in [2.05, 4.69) is 76.2 Å². The summed E-state index contributed by atoms with van der Waals surface area (Å²) in [5.74, 6) is 1.47. The summed E-state index contributed by atoms with van der Waals surface area (Å²) in [5.41, 5.74) is 2.24. The minimum absolute atomic E-state index is 0.733. The summed E-state index contributed by atoms with van der Waals surface area (Å²) in [6.45, 7) is 8.85. The van der Waals surface area contributed by atoms with E-state index in [0.29, 0.717) is 0 Å². The van der Waals surface area contributed by atoms with Gasteiger partial charge in [-0.3, -0.25) is 0 Å². The zero-order valence-electron chi connectivity index (χ0n) is 14.2. The molecule has 0 aliphatic rings. The van der Waals surface area contributed by atoms with Gasteiger partial charge in [-0.2, -0.15) is 0 Å². The van der Waals surface area contributed by atoms with Gasteiger partial charge >= 0.3 is 37.9 Å². The number of rotatable bonds is 6. The van der Waals surface area contributed by atoms with Crippen molar-refractivity contribution in [3.05, 3.63) is 59.7 Å². The Morgan fingerprint density at radius 2 is 1.00 bits per heavy atom. The fourth-order valence-corrected chi connectivity index (χ4v) is 1.68. The van der Waals surface area contributed by atoms with Crippen LogP contribution >= 0.6 is 17.0 Å². The van der Waals surface area contributed by atoms with Gasteiger partial charge in [0, 0.05) is 0 Å². The van der Waals surface area contributed by atoms with E-state index in [4.69, 9.17) is 17.0 Å². The quantitative estimate of drug-likeness (QED) is 0.517. The summed E-state index contributed by atoms with van der Waals surface area (Å²) < 4.78 is 0. The van der Waals surface area contributed by atoms with Gasteiger partial charge in [-0.05, 0) is 0 Å². The molecular formula is C20H22Cl2Zr-10.